The summed E-state index contributed by atoms with van der Waals surface area (Å²) in [5, 5.41) is 8.42. The molecule has 5 nitrogen and oxygen atoms in total. The van der Waals surface area contributed by atoms with Crippen molar-refractivity contribution in [3.05, 3.63) is 187 Å². The molecule has 0 atom stereocenters. The Morgan fingerprint density at radius 3 is 2.02 bits per heavy atom. The zero-order valence-electron chi connectivity index (χ0n) is 33.1. The number of ether oxygens (including phenoxy) is 2. The standard InChI is InChI=1S/C54H37BN2O3/c1-32-25-41(40-28-35-15-6-7-16-36(35)29-44(40)56-43-19-12-18-39-38-17-8-9-20-48(38)60-54(39)43)53-47(26-32)57(45-24-23-37(27-33(45)2)34-13-4-3-5-14-34)46-31-52-51(30-42(46)55-53)58-49-21-10-11-22-50(49)59-52/h3-31,55-56H,1-2H3. The molecule has 0 aliphatic carbocycles. The van der Waals surface area contributed by atoms with E-state index in [0.29, 0.717) is 30.3 Å². The van der Waals surface area contributed by atoms with Gasteiger partial charge in [-0.05, 0) is 119 Å². The van der Waals surface area contributed by atoms with Crippen LogP contribution in [0.1, 0.15) is 11.1 Å². The summed E-state index contributed by atoms with van der Waals surface area (Å²) in [5.41, 5.74) is 16.4. The van der Waals surface area contributed by atoms with E-state index in [9.17, 15) is 0 Å². The molecule has 0 bridgehead atoms. The highest BCUT2D eigenvalue weighted by molar-refractivity contribution is 6.73. The minimum absolute atomic E-state index is 0.696. The van der Waals surface area contributed by atoms with E-state index < -0.39 is 0 Å². The van der Waals surface area contributed by atoms with Gasteiger partial charge in [-0.2, -0.15) is 0 Å². The summed E-state index contributed by atoms with van der Waals surface area (Å²) in [6.45, 7) is 4.41. The number of furan rings is 1. The van der Waals surface area contributed by atoms with Crippen molar-refractivity contribution in [2.45, 2.75) is 13.8 Å². The molecule has 1 aromatic heterocycles. The fourth-order valence-corrected chi connectivity index (χ4v) is 9.23. The van der Waals surface area contributed by atoms with Gasteiger partial charge in [-0.25, -0.2) is 0 Å². The van der Waals surface area contributed by atoms with Crippen molar-refractivity contribution in [2.24, 2.45) is 0 Å². The van der Waals surface area contributed by atoms with Crippen molar-refractivity contribution in [1.29, 1.82) is 0 Å². The van der Waals surface area contributed by atoms with Gasteiger partial charge in [-0.3, -0.25) is 0 Å². The largest absolute Gasteiger partial charge is 0.454 e. The van der Waals surface area contributed by atoms with Gasteiger partial charge in [0.1, 0.15) is 5.58 Å². The zero-order chi connectivity index (χ0) is 39.9. The molecule has 2 aliphatic heterocycles. The minimum atomic E-state index is 0.696. The Balaban J connectivity index is 1.07. The van der Waals surface area contributed by atoms with E-state index in [2.05, 4.69) is 164 Å². The van der Waals surface area contributed by atoms with Crippen LogP contribution in [-0.2, 0) is 0 Å². The maximum absolute atomic E-state index is 6.54. The quantitative estimate of drug-likeness (QED) is 0.177. The van der Waals surface area contributed by atoms with Gasteiger partial charge in [0.15, 0.2) is 35.9 Å². The van der Waals surface area contributed by atoms with Crippen LogP contribution in [-0.4, -0.2) is 7.28 Å². The predicted molar refractivity (Wildman–Crippen MR) is 249 cm³/mol. The molecule has 2 aliphatic rings. The van der Waals surface area contributed by atoms with Crippen LogP contribution in [0, 0.1) is 13.8 Å². The second kappa shape index (κ2) is 13.4. The van der Waals surface area contributed by atoms with Crippen molar-refractivity contribution >= 4 is 79.4 Å². The van der Waals surface area contributed by atoms with E-state index in [4.69, 9.17) is 13.9 Å². The first-order valence-corrected chi connectivity index (χ1v) is 20.4. The first kappa shape index (κ1) is 34.4. The van der Waals surface area contributed by atoms with Crippen molar-refractivity contribution in [3.63, 3.8) is 0 Å². The van der Waals surface area contributed by atoms with Crippen LogP contribution < -0.4 is 30.6 Å². The molecule has 284 valence electrons. The molecule has 9 aromatic carbocycles. The molecule has 6 heteroatoms. The molecule has 10 aromatic rings. The number of fused-ring (bicyclic) bond motifs is 8. The molecular weight excluding hydrogens is 735 g/mol. The number of benzene rings is 9. The van der Waals surface area contributed by atoms with Crippen molar-refractivity contribution in [3.8, 4) is 45.3 Å². The van der Waals surface area contributed by atoms with Crippen molar-refractivity contribution in [1.82, 2.24) is 0 Å². The summed E-state index contributed by atoms with van der Waals surface area (Å²) < 4.78 is 19.6. The monoisotopic (exact) mass is 772 g/mol. The second-order valence-electron chi connectivity index (χ2n) is 15.9. The van der Waals surface area contributed by atoms with Gasteiger partial charge >= 0.3 is 0 Å². The number of anilines is 5. The Bertz CT molecular complexity index is 3370. The molecular formula is C54H37BN2O3. The molecule has 0 radical (unpaired) electrons. The Morgan fingerprint density at radius 2 is 1.20 bits per heavy atom. The third kappa shape index (κ3) is 5.56. The van der Waals surface area contributed by atoms with Gasteiger partial charge < -0.3 is 24.1 Å². The lowest BCUT2D eigenvalue weighted by atomic mass is 9.58. The van der Waals surface area contributed by atoms with Gasteiger partial charge in [-0.15, -0.1) is 0 Å². The molecule has 0 amide bonds. The first-order valence-electron chi connectivity index (χ1n) is 20.4. The Morgan fingerprint density at radius 1 is 0.483 bits per heavy atom. The lowest BCUT2D eigenvalue weighted by molar-refractivity contribution is 0.360. The minimum Gasteiger partial charge on any atom is -0.454 e. The summed E-state index contributed by atoms with van der Waals surface area (Å²) in [6, 6.07) is 62.1. The smallest absolute Gasteiger partial charge is 0.198 e. The highest BCUT2D eigenvalue weighted by atomic mass is 16.6. The summed E-state index contributed by atoms with van der Waals surface area (Å²) in [5.74, 6) is 2.85. The lowest BCUT2D eigenvalue weighted by Crippen LogP contribution is -2.41. The maximum atomic E-state index is 6.54. The van der Waals surface area contributed by atoms with Gasteiger partial charge in [0.2, 0.25) is 0 Å². The first-order chi connectivity index (χ1) is 29.5. The summed E-state index contributed by atoms with van der Waals surface area (Å²) in [7, 11) is 0.696. The molecule has 0 fully saturated rings. The molecule has 1 N–H and O–H groups in total. The Kier molecular flexibility index (Phi) is 7.69. The normalized spacial score (nSPS) is 12.5. The average Bonchev–Trinajstić information content (AvgIpc) is 3.67. The molecule has 12 rings (SSSR count). The predicted octanol–water partition coefficient (Wildman–Crippen LogP) is 13.5. The molecule has 0 saturated heterocycles. The van der Waals surface area contributed by atoms with E-state index in [-0.39, 0.29) is 0 Å². The summed E-state index contributed by atoms with van der Waals surface area (Å²) in [6.07, 6.45) is 0. The fraction of sp³-hybridized carbons (Fsp3) is 0.0370. The third-order valence-corrected chi connectivity index (χ3v) is 12.0. The topological polar surface area (TPSA) is 46.9 Å². The molecule has 0 spiro atoms. The molecule has 60 heavy (non-hydrogen) atoms. The average molecular weight is 773 g/mol. The van der Waals surface area contributed by atoms with Gasteiger partial charge in [-0.1, -0.05) is 115 Å². The van der Waals surface area contributed by atoms with E-state index in [1.54, 1.807) is 0 Å². The zero-order valence-corrected chi connectivity index (χ0v) is 33.1. The Hall–Kier alpha value is -7.70. The lowest BCUT2D eigenvalue weighted by Gasteiger charge is -2.37. The number of hydrogen-bond acceptors (Lipinski definition) is 5. The number of nitrogens with zero attached hydrogens (tertiary/aromatic N) is 1. The molecule has 3 heterocycles. The SMILES string of the molecule is Cc1cc(-c2cc3ccccc3cc2Nc2cccc3c2oc2ccccc23)c2c(c1)N(c1ccc(-c3ccccc3)cc1C)c1cc3c(cc1B2)Oc1ccccc1O3. The van der Waals surface area contributed by atoms with Gasteiger partial charge in [0.05, 0.1) is 5.69 Å². The van der Waals surface area contributed by atoms with E-state index in [1.807, 2.05) is 36.4 Å². The fourth-order valence-electron chi connectivity index (χ4n) is 9.23. The maximum Gasteiger partial charge on any atom is 0.198 e. The van der Waals surface area contributed by atoms with Crippen LogP contribution in [0.25, 0.3) is 55.0 Å². The van der Waals surface area contributed by atoms with Crippen LogP contribution >= 0.6 is 0 Å². The highest BCUT2D eigenvalue weighted by Crippen LogP contribution is 2.49. The van der Waals surface area contributed by atoms with E-state index in [0.717, 1.165) is 66.8 Å². The van der Waals surface area contributed by atoms with E-state index >= 15 is 0 Å². The number of nitrogens with one attached hydrogen (secondary N) is 1. The molecule has 0 unspecified atom stereocenters. The van der Waals surface area contributed by atoms with Crippen LogP contribution in [0.15, 0.2) is 180 Å². The van der Waals surface area contributed by atoms with Crippen LogP contribution in [0.2, 0.25) is 0 Å². The third-order valence-electron chi connectivity index (χ3n) is 12.0. The van der Waals surface area contributed by atoms with Crippen LogP contribution in [0.3, 0.4) is 0 Å². The van der Waals surface area contributed by atoms with Gasteiger partial charge in [0, 0.05) is 45.2 Å². The number of aryl methyl sites for hydroxylation is 2. The van der Waals surface area contributed by atoms with Crippen molar-refractivity contribution in [2.75, 3.05) is 10.2 Å². The summed E-state index contributed by atoms with van der Waals surface area (Å²) in [4.78, 5) is 2.43. The van der Waals surface area contributed by atoms with Gasteiger partial charge in [0.25, 0.3) is 0 Å². The molecule has 0 saturated carbocycles. The summed E-state index contributed by atoms with van der Waals surface area (Å²) >= 11 is 0. The van der Waals surface area contributed by atoms with Crippen LogP contribution in [0.4, 0.5) is 28.4 Å². The second-order valence-corrected chi connectivity index (χ2v) is 15.9. The highest BCUT2D eigenvalue weighted by Gasteiger charge is 2.32. The van der Waals surface area contributed by atoms with Crippen molar-refractivity contribution < 1.29 is 13.9 Å². The number of para-hydroxylation sites is 4. The van der Waals surface area contributed by atoms with Crippen LogP contribution in [0.5, 0.6) is 23.0 Å². The Labute approximate surface area is 348 Å². The van der Waals surface area contributed by atoms with E-state index in [1.165, 1.54) is 38.7 Å². The number of rotatable bonds is 5. The number of hydrogen-bond donors (Lipinski definition) is 1.